The number of rotatable bonds is 13. The SMILES string of the molecule is Cc1ccc(S(=O)(=O)N[C@H](Cc2ccccc2)C(=O)Nc2cccc([C@@H]3O[C@H](CN4CCC[C@H]4C(=O)OC(C)(C)C)[C@H](C)[C@H](c4ccc(CO)cc4)O3)c2)cc1. The fourth-order valence-corrected chi connectivity index (χ4v) is 8.44. The highest BCUT2D eigenvalue weighted by molar-refractivity contribution is 7.89. The van der Waals surface area contributed by atoms with E-state index in [0.29, 0.717) is 24.2 Å². The zero-order chi connectivity index (χ0) is 40.0. The van der Waals surface area contributed by atoms with Crippen LogP contribution in [-0.4, -0.2) is 67.2 Å². The normalized spacial score (nSPS) is 22.4. The Hall–Kier alpha value is -4.43. The zero-order valence-corrected chi connectivity index (χ0v) is 33.5. The predicted molar refractivity (Wildman–Crippen MR) is 214 cm³/mol. The molecular formula is C44H53N3O8S. The Labute approximate surface area is 330 Å². The largest absolute Gasteiger partial charge is 0.459 e. The topological polar surface area (TPSA) is 144 Å². The number of aliphatic hydroxyl groups excluding tert-OH is 1. The van der Waals surface area contributed by atoms with Gasteiger partial charge in [-0.15, -0.1) is 0 Å². The van der Waals surface area contributed by atoms with Crippen LogP contribution in [0.15, 0.2) is 108 Å². The third-order valence-electron chi connectivity index (χ3n) is 10.2. The molecule has 2 fully saturated rings. The molecule has 0 aliphatic carbocycles. The summed E-state index contributed by atoms with van der Waals surface area (Å²) in [5, 5.41) is 12.6. The molecule has 2 aliphatic rings. The van der Waals surface area contributed by atoms with Gasteiger partial charge in [0.2, 0.25) is 15.9 Å². The van der Waals surface area contributed by atoms with Crippen molar-refractivity contribution in [3.63, 3.8) is 0 Å². The Balaban J connectivity index is 1.25. The van der Waals surface area contributed by atoms with Gasteiger partial charge in [-0.1, -0.05) is 91.3 Å². The second kappa shape index (κ2) is 17.8. The first kappa shape index (κ1) is 41.2. The molecule has 0 aromatic heterocycles. The van der Waals surface area contributed by atoms with Crippen LogP contribution >= 0.6 is 0 Å². The van der Waals surface area contributed by atoms with Crippen LogP contribution in [0.25, 0.3) is 0 Å². The number of amides is 1. The molecule has 56 heavy (non-hydrogen) atoms. The molecule has 6 rings (SSSR count). The number of nitrogens with zero attached hydrogens (tertiary/aromatic N) is 1. The van der Waals surface area contributed by atoms with Crippen LogP contribution in [0.5, 0.6) is 0 Å². The van der Waals surface area contributed by atoms with E-state index in [2.05, 4.69) is 21.9 Å². The minimum Gasteiger partial charge on any atom is -0.459 e. The van der Waals surface area contributed by atoms with Crippen molar-refractivity contribution in [1.82, 2.24) is 9.62 Å². The lowest BCUT2D eigenvalue weighted by Crippen LogP contribution is -2.48. The molecule has 3 N–H and O–H groups in total. The van der Waals surface area contributed by atoms with Crippen molar-refractivity contribution in [2.45, 2.75) is 102 Å². The zero-order valence-electron chi connectivity index (χ0n) is 32.7. The third kappa shape index (κ3) is 10.5. The van der Waals surface area contributed by atoms with E-state index in [-0.39, 0.29) is 42.0 Å². The number of carbonyl (C=O) groups excluding carboxylic acids is 2. The smallest absolute Gasteiger partial charge is 0.323 e. The summed E-state index contributed by atoms with van der Waals surface area (Å²) in [6.45, 7) is 10.7. The van der Waals surface area contributed by atoms with Gasteiger partial charge in [0.15, 0.2) is 6.29 Å². The molecule has 0 bridgehead atoms. The van der Waals surface area contributed by atoms with Crippen molar-refractivity contribution in [3.05, 3.63) is 131 Å². The molecule has 4 aromatic rings. The van der Waals surface area contributed by atoms with Crippen LogP contribution in [0.1, 0.15) is 80.7 Å². The Morgan fingerprint density at radius 1 is 0.911 bits per heavy atom. The van der Waals surface area contributed by atoms with E-state index in [4.69, 9.17) is 14.2 Å². The van der Waals surface area contributed by atoms with Crippen molar-refractivity contribution in [1.29, 1.82) is 0 Å². The average molecular weight is 784 g/mol. The number of anilines is 1. The van der Waals surface area contributed by atoms with E-state index in [1.54, 1.807) is 30.3 Å². The van der Waals surface area contributed by atoms with Gasteiger partial charge in [0.1, 0.15) is 17.7 Å². The molecule has 6 atom stereocenters. The van der Waals surface area contributed by atoms with Crippen LogP contribution in [0.2, 0.25) is 0 Å². The van der Waals surface area contributed by atoms with Crippen molar-refractivity contribution in [3.8, 4) is 0 Å². The molecule has 0 spiro atoms. The quantitative estimate of drug-likeness (QED) is 0.128. The highest BCUT2D eigenvalue weighted by atomic mass is 32.2. The number of hydrogen-bond donors (Lipinski definition) is 3. The average Bonchev–Trinajstić information content (AvgIpc) is 3.64. The van der Waals surface area contributed by atoms with Gasteiger partial charge in [0.25, 0.3) is 0 Å². The molecule has 2 aliphatic heterocycles. The molecule has 0 radical (unpaired) electrons. The van der Waals surface area contributed by atoms with Crippen molar-refractivity contribution < 1.29 is 37.3 Å². The summed E-state index contributed by atoms with van der Waals surface area (Å²) in [6.07, 6.45) is 0.131. The summed E-state index contributed by atoms with van der Waals surface area (Å²) in [5.41, 5.74) is 3.92. The van der Waals surface area contributed by atoms with Crippen LogP contribution in [0, 0.1) is 12.8 Å². The van der Waals surface area contributed by atoms with Crippen LogP contribution in [0.3, 0.4) is 0 Å². The predicted octanol–water partition coefficient (Wildman–Crippen LogP) is 6.61. The fourth-order valence-electron chi connectivity index (χ4n) is 7.24. The number of esters is 1. The highest BCUT2D eigenvalue weighted by Crippen LogP contribution is 2.43. The number of ether oxygens (including phenoxy) is 3. The second-order valence-corrected chi connectivity index (χ2v) is 17.5. The van der Waals surface area contributed by atoms with Crippen molar-refractivity contribution in [2.24, 2.45) is 5.92 Å². The van der Waals surface area contributed by atoms with E-state index in [1.165, 1.54) is 12.1 Å². The first-order valence-electron chi connectivity index (χ1n) is 19.2. The van der Waals surface area contributed by atoms with Gasteiger partial charge in [0, 0.05) is 23.7 Å². The second-order valence-electron chi connectivity index (χ2n) is 15.8. The summed E-state index contributed by atoms with van der Waals surface area (Å²) in [5.74, 6) is -0.880. The van der Waals surface area contributed by atoms with Gasteiger partial charge in [-0.2, -0.15) is 4.72 Å². The van der Waals surface area contributed by atoms with Gasteiger partial charge >= 0.3 is 5.97 Å². The number of aryl methyl sites for hydroxylation is 1. The molecule has 298 valence electrons. The summed E-state index contributed by atoms with van der Waals surface area (Å²) in [7, 11) is -4.03. The fraction of sp³-hybridized carbons (Fsp3) is 0.409. The standard InChI is InChI=1S/C44H53N3O8S/c1-29-16-22-36(23-17-29)56(51,52)46-37(25-31-11-7-6-8-12-31)41(49)45-35-14-9-13-34(26-35)43-53-39(27-47-24-10-15-38(47)42(50)55-44(3,4)5)30(2)40(54-43)33-20-18-32(28-48)19-21-33/h6-9,11-14,16-23,26,30,37-40,43,46,48H,10,15,24-25,27-28H2,1-5H3,(H,45,49)/t30-,37+,38-,39+,40+,43+/m0/s1. The summed E-state index contributed by atoms with van der Waals surface area (Å²) >= 11 is 0. The number of sulfonamides is 1. The van der Waals surface area contributed by atoms with E-state index in [1.807, 2.05) is 88.4 Å². The van der Waals surface area contributed by atoms with Gasteiger partial charge < -0.3 is 24.6 Å². The number of aliphatic hydroxyl groups is 1. The molecule has 12 heteroatoms. The number of benzene rings is 4. The Morgan fingerprint density at radius 2 is 1.62 bits per heavy atom. The van der Waals surface area contributed by atoms with E-state index in [0.717, 1.165) is 35.2 Å². The van der Waals surface area contributed by atoms with Crippen LogP contribution in [0.4, 0.5) is 5.69 Å². The number of likely N-dealkylation sites (tertiary alicyclic amines) is 1. The summed E-state index contributed by atoms with van der Waals surface area (Å²) < 4.78 is 48.8. The lowest BCUT2D eigenvalue weighted by atomic mass is 9.90. The third-order valence-corrected chi connectivity index (χ3v) is 11.7. The molecule has 4 aromatic carbocycles. The maximum atomic E-state index is 14.0. The Bertz CT molecular complexity index is 2050. The molecule has 0 unspecified atom stereocenters. The summed E-state index contributed by atoms with van der Waals surface area (Å²) in [6, 6.07) is 29.0. The maximum absolute atomic E-state index is 14.0. The van der Waals surface area contributed by atoms with Crippen molar-refractivity contribution >= 4 is 27.6 Å². The molecule has 0 saturated carbocycles. The first-order chi connectivity index (χ1) is 26.7. The van der Waals surface area contributed by atoms with Gasteiger partial charge in [0.05, 0.1) is 23.7 Å². The molecule has 11 nitrogen and oxygen atoms in total. The minimum atomic E-state index is -4.03. The maximum Gasteiger partial charge on any atom is 0.323 e. The summed E-state index contributed by atoms with van der Waals surface area (Å²) in [4.78, 5) is 29.4. The monoisotopic (exact) mass is 783 g/mol. The number of hydrogen-bond acceptors (Lipinski definition) is 9. The minimum absolute atomic E-state index is 0.0678. The Morgan fingerprint density at radius 3 is 2.30 bits per heavy atom. The van der Waals surface area contributed by atoms with Crippen LogP contribution < -0.4 is 10.0 Å². The lowest BCUT2D eigenvalue weighted by Gasteiger charge is -2.43. The molecule has 2 heterocycles. The van der Waals surface area contributed by atoms with Crippen LogP contribution in [-0.2, 0) is 46.9 Å². The number of carbonyl (C=O) groups is 2. The van der Waals surface area contributed by atoms with E-state index in [9.17, 15) is 23.1 Å². The van der Waals surface area contributed by atoms with Gasteiger partial charge in [-0.25, -0.2) is 8.42 Å². The Kier molecular flexibility index (Phi) is 13.1. The van der Waals surface area contributed by atoms with E-state index >= 15 is 0 Å². The number of nitrogens with one attached hydrogen (secondary N) is 2. The van der Waals surface area contributed by atoms with E-state index < -0.39 is 40.0 Å². The molecule has 2 saturated heterocycles. The molecule has 1 amide bonds. The molecular weight excluding hydrogens is 731 g/mol. The highest BCUT2D eigenvalue weighted by Gasteiger charge is 2.42. The van der Waals surface area contributed by atoms with Crippen molar-refractivity contribution in [2.75, 3.05) is 18.4 Å². The lowest BCUT2D eigenvalue weighted by molar-refractivity contribution is -0.276. The van der Waals surface area contributed by atoms with Gasteiger partial charge in [-0.3, -0.25) is 14.5 Å². The van der Waals surface area contributed by atoms with Gasteiger partial charge in [-0.05, 0) is 94.5 Å². The first-order valence-corrected chi connectivity index (χ1v) is 20.7.